The van der Waals surface area contributed by atoms with Crippen molar-refractivity contribution < 1.29 is 14.7 Å². The van der Waals surface area contributed by atoms with Gasteiger partial charge in [0.2, 0.25) is 0 Å². The molecule has 0 radical (unpaired) electrons. The van der Waals surface area contributed by atoms with Gasteiger partial charge in [0.1, 0.15) is 4.32 Å². The fourth-order valence-electron chi connectivity index (χ4n) is 2.73. The fourth-order valence-corrected chi connectivity index (χ4v) is 4.03. The number of benzene rings is 2. The highest BCUT2D eigenvalue weighted by atomic mass is 32.2. The van der Waals surface area contributed by atoms with Crippen molar-refractivity contribution in [3.05, 3.63) is 65.1 Å². The number of thiocarbonyl (C=S) groups is 1. The van der Waals surface area contributed by atoms with Gasteiger partial charge in [0.25, 0.3) is 5.91 Å². The zero-order valence-corrected chi connectivity index (χ0v) is 15.6. The Labute approximate surface area is 161 Å². The summed E-state index contributed by atoms with van der Waals surface area (Å²) in [5.41, 5.74) is 3.07. The topological polar surface area (TPSA) is 57.6 Å². The minimum atomic E-state index is -0.872. The molecule has 6 heteroatoms. The number of rotatable bonds is 6. The van der Waals surface area contributed by atoms with Crippen molar-refractivity contribution in [2.45, 2.75) is 12.8 Å². The third-order valence-electron chi connectivity index (χ3n) is 3.98. The van der Waals surface area contributed by atoms with Crippen LogP contribution in [0, 0.1) is 0 Å². The molecule has 3 rings (SSSR count). The summed E-state index contributed by atoms with van der Waals surface area (Å²) in [6, 6.07) is 17.9. The second-order valence-electron chi connectivity index (χ2n) is 5.78. The molecule has 4 nitrogen and oxygen atoms in total. The molecule has 0 spiro atoms. The maximum atomic E-state index is 12.6. The molecule has 0 aliphatic carbocycles. The molecule has 0 bridgehead atoms. The first-order chi connectivity index (χ1) is 12.6. The van der Waals surface area contributed by atoms with Crippen LogP contribution >= 0.6 is 24.0 Å². The van der Waals surface area contributed by atoms with Crippen LogP contribution in [-0.2, 0) is 9.59 Å². The van der Waals surface area contributed by atoms with Gasteiger partial charge in [-0.15, -0.1) is 0 Å². The lowest BCUT2D eigenvalue weighted by Crippen LogP contribution is -2.29. The van der Waals surface area contributed by atoms with Crippen LogP contribution < -0.4 is 0 Å². The van der Waals surface area contributed by atoms with E-state index in [4.69, 9.17) is 17.3 Å². The van der Waals surface area contributed by atoms with Gasteiger partial charge in [-0.05, 0) is 29.2 Å². The van der Waals surface area contributed by atoms with Crippen molar-refractivity contribution in [3.8, 4) is 11.1 Å². The number of carbonyl (C=O) groups is 2. The average Bonchev–Trinajstić information content (AvgIpc) is 2.90. The van der Waals surface area contributed by atoms with E-state index < -0.39 is 5.97 Å². The quantitative estimate of drug-likeness (QED) is 0.591. The van der Waals surface area contributed by atoms with Crippen LogP contribution in [0.2, 0.25) is 0 Å². The van der Waals surface area contributed by atoms with E-state index in [0.29, 0.717) is 22.2 Å². The highest BCUT2D eigenvalue weighted by Gasteiger charge is 2.31. The van der Waals surface area contributed by atoms with Crippen molar-refractivity contribution in [2.75, 3.05) is 6.54 Å². The van der Waals surface area contributed by atoms with Crippen LogP contribution in [0.1, 0.15) is 18.4 Å². The van der Waals surface area contributed by atoms with Crippen molar-refractivity contribution in [1.29, 1.82) is 0 Å². The van der Waals surface area contributed by atoms with E-state index in [-0.39, 0.29) is 12.3 Å². The maximum absolute atomic E-state index is 12.6. The van der Waals surface area contributed by atoms with E-state index in [1.165, 1.54) is 16.7 Å². The van der Waals surface area contributed by atoms with Crippen LogP contribution in [0.3, 0.4) is 0 Å². The molecule has 1 amide bonds. The molecular formula is C20H17NO3S2. The second kappa shape index (κ2) is 8.29. The Morgan fingerprint density at radius 2 is 1.81 bits per heavy atom. The highest BCUT2D eigenvalue weighted by Crippen LogP contribution is 2.34. The fraction of sp³-hybridized carbons (Fsp3) is 0.150. The van der Waals surface area contributed by atoms with E-state index in [1.807, 2.05) is 60.7 Å². The first kappa shape index (κ1) is 18.4. The zero-order valence-electron chi connectivity index (χ0n) is 13.9. The summed E-state index contributed by atoms with van der Waals surface area (Å²) in [5, 5.41) is 8.75. The minimum absolute atomic E-state index is 0.0208. The summed E-state index contributed by atoms with van der Waals surface area (Å²) in [6.07, 6.45) is 2.27. The Morgan fingerprint density at radius 1 is 1.12 bits per heavy atom. The van der Waals surface area contributed by atoms with Crippen LogP contribution in [0.5, 0.6) is 0 Å². The first-order valence-corrected chi connectivity index (χ1v) is 9.40. The lowest BCUT2D eigenvalue weighted by atomic mass is 9.99. The van der Waals surface area contributed by atoms with Gasteiger partial charge >= 0.3 is 5.97 Å². The summed E-state index contributed by atoms with van der Waals surface area (Å²) in [4.78, 5) is 25.4. The Bertz CT molecular complexity index is 878. The van der Waals surface area contributed by atoms with E-state index >= 15 is 0 Å². The molecule has 0 unspecified atom stereocenters. The van der Waals surface area contributed by atoms with Crippen LogP contribution in [0.15, 0.2) is 59.5 Å². The van der Waals surface area contributed by atoms with E-state index in [0.717, 1.165) is 16.7 Å². The van der Waals surface area contributed by atoms with E-state index in [9.17, 15) is 9.59 Å². The molecule has 0 atom stereocenters. The zero-order chi connectivity index (χ0) is 18.5. The van der Waals surface area contributed by atoms with E-state index in [2.05, 4.69) is 0 Å². The molecule has 1 fully saturated rings. The molecule has 2 aromatic carbocycles. The van der Waals surface area contributed by atoms with Gasteiger partial charge in [0.05, 0.1) is 4.91 Å². The normalized spacial score (nSPS) is 15.7. The molecule has 2 aromatic rings. The third-order valence-corrected chi connectivity index (χ3v) is 5.36. The smallest absolute Gasteiger partial charge is 0.303 e. The number of carboxylic acid groups (broad SMARTS) is 1. The number of aliphatic carboxylic acids is 1. The van der Waals surface area contributed by atoms with Crippen molar-refractivity contribution >= 4 is 46.3 Å². The maximum Gasteiger partial charge on any atom is 0.303 e. The number of nitrogens with zero attached hydrogens (tertiary/aromatic N) is 1. The Hall–Kier alpha value is -2.44. The molecule has 1 N–H and O–H groups in total. The Kier molecular flexibility index (Phi) is 5.85. The molecule has 1 aliphatic rings. The summed E-state index contributed by atoms with van der Waals surface area (Å²) >= 11 is 6.56. The number of hydrogen-bond donors (Lipinski definition) is 1. The van der Waals surface area contributed by atoms with Gasteiger partial charge in [-0.2, -0.15) is 0 Å². The van der Waals surface area contributed by atoms with Gasteiger partial charge in [0, 0.05) is 13.0 Å². The molecule has 1 heterocycles. The van der Waals surface area contributed by atoms with Crippen molar-refractivity contribution in [3.63, 3.8) is 0 Å². The summed E-state index contributed by atoms with van der Waals surface area (Å²) in [7, 11) is 0. The SMILES string of the molecule is O=C(O)CCCN1C(=O)C(=Cc2ccccc2-c2ccccc2)SC1=S. The molecule has 1 saturated heterocycles. The van der Waals surface area contributed by atoms with Crippen LogP contribution in [0.25, 0.3) is 17.2 Å². The van der Waals surface area contributed by atoms with Gasteiger partial charge < -0.3 is 5.11 Å². The van der Waals surface area contributed by atoms with Crippen LogP contribution in [-0.4, -0.2) is 32.7 Å². The van der Waals surface area contributed by atoms with Crippen molar-refractivity contribution in [1.82, 2.24) is 4.90 Å². The molecule has 1 aliphatic heterocycles. The minimum Gasteiger partial charge on any atom is -0.481 e. The number of carbonyl (C=O) groups excluding carboxylic acids is 1. The summed E-state index contributed by atoms with van der Waals surface area (Å²) in [6.45, 7) is 0.328. The number of thioether (sulfide) groups is 1. The van der Waals surface area contributed by atoms with Crippen molar-refractivity contribution in [2.24, 2.45) is 0 Å². The van der Waals surface area contributed by atoms with Gasteiger partial charge in [-0.3, -0.25) is 14.5 Å². The third kappa shape index (κ3) is 4.20. The number of hydrogen-bond acceptors (Lipinski definition) is 4. The first-order valence-electron chi connectivity index (χ1n) is 8.18. The molecular weight excluding hydrogens is 366 g/mol. The Morgan fingerprint density at radius 3 is 2.54 bits per heavy atom. The number of carboxylic acids is 1. The standard InChI is InChI=1S/C20H17NO3S2/c22-18(23)11-6-12-21-19(24)17(26-20(21)25)13-15-9-4-5-10-16(15)14-7-2-1-3-8-14/h1-5,7-10,13H,6,11-12H2,(H,22,23). The monoisotopic (exact) mass is 383 g/mol. The molecule has 0 saturated carbocycles. The molecule has 26 heavy (non-hydrogen) atoms. The number of amides is 1. The van der Waals surface area contributed by atoms with Gasteiger partial charge in [-0.25, -0.2) is 0 Å². The molecule has 132 valence electrons. The van der Waals surface area contributed by atoms with E-state index in [1.54, 1.807) is 0 Å². The predicted molar refractivity (Wildman–Crippen MR) is 109 cm³/mol. The highest BCUT2D eigenvalue weighted by molar-refractivity contribution is 8.26. The van der Waals surface area contributed by atoms with Gasteiger partial charge in [0.15, 0.2) is 0 Å². The lowest BCUT2D eigenvalue weighted by Gasteiger charge is -2.13. The average molecular weight is 383 g/mol. The lowest BCUT2D eigenvalue weighted by molar-refractivity contribution is -0.137. The predicted octanol–water partition coefficient (Wildman–Crippen LogP) is 4.42. The molecule has 0 aromatic heterocycles. The second-order valence-corrected chi connectivity index (χ2v) is 7.46. The largest absolute Gasteiger partial charge is 0.481 e. The summed E-state index contributed by atoms with van der Waals surface area (Å²) < 4.78 is 0.476. The van der Waals surface area contributed by atoms with Crippen LogP contribution in [0.4, 0.5) is 0 Å². The Balaban J connectivity index is 1.84. The van der Waals surface area contributed by atoms with Gasteiger partial charge in [-0.1, -0.05) is 78.6 Å². The summed E-state index contributed by atoms with van der Waals surface area (Å²) in [5.74, 6) is -1.03.